The lowest BCUT2D eigenvalue weighted by atomic mass is 10.1. The van der Waals surface area contributed by atoms with E-state index in [0.717, 1.165) is 29.6 Å². The zero-order valence-electron chi connectivity index (χ0n) is 15.3. The van der Waals surface area contributed by atoms with Gasteiger partial charge in [0.1, 0.15) is 11.3 Å². The largest absolute Gasteiger partial charge is 0.508 e. The summed E-state index contributed by atoms with van der Waals surface area (Å²) in [6.45, 7) is 3.66. The van der Waals surface area contributed by atoms with Crippen LogP contribution >= 0.6 is 0 Å². The number of ketones is 1. The third kappa shape index (κ3) is 3.35. The number of fused-ring (bicyclic) bond motifs is 1. The van der Waals surface area contributed by atoms with Gasteiger partial charge in [0.05, 0.1) is 12.7 Å². The molecule has 0 spiro atoms. The SMILES string of the molecule is Cc1cc(C(=O)COC(=O)Cc2coc3cc(O)ccc23)c(C)n1C1CC1. The van der Waals surface area contributed by atoms with Gasteiger partial charge in [-0.1, -0.05) is 0 Å². The van der Waals surface area contributed by atoms with E-state index in [9.17, 15) is 14.7 Å². The third-order valence-corrected chi connectivity index (χ3v) is 5.04. The van der Waals surface area contributed by atoms with Gasteiger partial charge in [-0.25, -0.2) is 0 Å². The molecule has 1 N–H and O–H groups in total. The molecule has 6 nitrogen and oxygen atoms in total. The van der Waals surface area contributed by atoms with Crippen LogP contribution in [0.25, 0.3) is 11.0 Å². The molecule has 4 rings (SSSR count). The minimum Gasteiger partial charge on any atom is -0.508 e. The summed E-state index contributed by atoms with van der Waals surface area (Å²) in [6.07, 6.45) is 3.77. The molecule has 1 fully saturated rings. The Morgan fingerprint density at radius 1 is 1.26 bits per heavy atom. The number of aromatic nitrogens is 1. The smallest absolute Gasteiger partial charge is 0.310 e. The minimum absolute atomic E-state index is 0.00610. The molecular formula is C21H21NO5. The van der Waals surface area contributed by atoms with Crippen molar-refractivity contribution in [3.63, 3.8) is 0 Å². The Labute approximate surface area is 156 Å². The first kappa shape index (κ1) is 17.4. The van der Waals surface area contributed by atoms with Gasteiger partial charge in [-0.15, -0.1) is 0 Å². The zero-order valence-corrected chi connectivity index (χ0v) is 15.3. The highest BCUT2D eigenvalue weighted by molar-refractivity contribution is 5.99. The summed E-state index contributed by atoms with van der Waals surface area (Å²) in [5, 5.41) is 10.2. The Morgan fingerprint density at radius 2 is 2.04 bits per heavy atom. The van der Waals surface area contributed by atoms with Crippen molar-refractivity contribution in [3.05, 3.63) is 53.0 Å². The summed E-state index contributed by atoms with van der Waals surface area (Å²) in [6, 6.07) is 7.09. The summed E-state index contributed by atoms with van der Waals surface area (Å²) in [7, 11) is 0. The number of carbonyl (C=O) groups is 2. The molecule has 0 saturated heterocycles. The standard InChI is InChI=1S/C21H21NO5/c1-12-7-18(13(2)22(12)15-3-4-15)19(24)11-27-21(25)8-14-10-26-20-9-16(23)5-6-17(14)20/h5-7,9-10,15,23H,3-4,8,11H2,1-2H3. The number of esters is 1. The molecule has 0 unspecified atom stereocenters. The molecule has 0 radical (unpaired) electrons. The van der Waals surface area contributed by atoms with Gasteiger partial charge in [-0.05, 0) is 44.9 Å². The van der Waals surface area contributed by atoms with Crippen molar-refractivity contribution in [2.24, 2.45) is 0 Å². The molecule has 0 amide bonds. The number of aryl methyl sites for hydroxylation is 1. The monoisotopic (exact) mass is 367 g/mol. The molecule has 1 aromatic carbocycles. The van der Waals surface area contributed by atoms with Crippen LogP contribution in [0.4, 0.5) is 0 Å². The predicted molar refractivity (Wildman–Crippen MR) is 99.0 cm³/mol. The normalized spacial score (nSPS) is 13.9. The highest BCUT2D eigenvalue weighted by atomic mass is 16.5. The maximum Gasteiger partial charge on any atom is 0.310 e. The van der Waals surface area contributed by atoms with Gasteiger partial charge in [0.25, 0.3) is 0 Å². The van der Waals surface area contributed by atoms with E-state index in [0.29, 0.717) is 22.8 Å². The number of carbonyl (C=O) groups excluding carboxylic acids is 2. The summed E-state index contributed by atoms with van der Waals surface area (Å²) >= 11 is 0. The van der Waals surface area contributed by atoms with Crippen LogP contribution in [0.5, 0.6) is 5.75 Å². The second-order valence-corrected chi connectivity index (χ2v) is 7.09. The van der Waals surface area contributed by atoms with E-state index in [1.165, 1.54) is 18.4 Å². The predicted octanol–water partition coefficient (Wildman–Crippen LogP) is 3.86. The van der Waals surface area contributed by atoms with Crippen LogP contribution in [0.2, 0.25) is 0 Å². The van der Waals surface area contributed by atoms with Crippen molar-refractivity contribution in [1.29, 1.82) is 0 Å². The van der Waals surface area contributed by atoms with Crippen molar-refractivity contribution in [2.75, 3.05) is 6.61 Å². The number of hydrogen-bond acceptors (Lipinski definition) is 5. The molecule has 6 heteroatoms. The summed E-state index contributed by atoms with van der Waals surface area (Å²) in [5.74, 6) is -0.583. The van der Waals surface area contributed by atoms with Crippen LogP contribution in [0, 0.1) is 13.8 Å². The van der Waals surface area contributed by atoms with Gasteiger partial charge >= 0.3 is 5.97 Å². The molecule has 0 bridgehead atoms. The first-order chi connectivity index (χ1) is 12.9. The molecule has 2 aromatic heterocycles. The van der Waals surface area contributed by atoms with Crippen LogP contribution < -0.4 is 0 Å². The average molecular weight is 367 g/mol. The fourth-order valence-corrected chi connectivity index (χ4v) is 3.59. The summed E-state index contributed by atoms with van der Waals surface area (Å²) in [4.78, 5) is 24.7. The number of phenols is 1. The lowest BCUT2D eigenvalue weighted by Crippen LogP contribution is -2.16. The van der Waals surface area contributed by atoms with E-state index >= 15 is 0 Å². The van der Waals surface area contributed by atoms with E-state index < -0.39 is 5.97 Å². The maximum atomic E-state index is 12.5. The molecule has 0 atom stereocenters. The highest BCUT2D eigenvalue weighted by Gasteiger charge is 2.28. The topological polar surface area (TPSA) is 81.7 Å². The number of Topliss-reactive ketones (excluding diaryl/α,β-unsaturated/α-hetero) is 1. The van der Waals surface area contributed by atoms with Crippen molar-refractivity contribution in [2.45, 2.75) is 39.2 Å². The molecule has 1 aliphatic rings. The van der Waals surface area contributed by atoms with Crippen LogP contribution in [0.15, 0.2) is 34.9 Å². The molecule has 140 valence electrons. The number of furan rings is 1. The van der Waals surface area contributed by atoms with Gasteiger partial charge in [0.15, 0.2) is 6.61 Å². The zero-order chi connectivity index (χ0) is 19.1. The molecule has 2 heterocycles. The fraction of sp³-hybridized carbons (Fsp3) is 0.333. The number of rotatable bonds is 6. The fourth-order valence-electron chi connectivity index (χ4n) is 3.59. The lowest BCUT2D eigenvalue weighted by molar-refractivity contribution is -0.141. The Bertz CT molecular complexity index is 1040. The van der Waals surface area contributed by atoms with Crippen molar-refractivity contribution in [1.82, 2.24) is 4.57 Å². The molecule has 3 aromatic rings. The maximum absolute atomic E-state index is 12.5. The van der Waals surface area contributed by atoms with Crippen molar-refractivity contribution >= 4 is 22.7 Å². The van der Waals surface area contributed by atoms with E-state index in [-0.39, 0.29) is 24.6 Å². The second kappa shape index (κ2) is 6.61. The highest BCUT2D eigenvalue weighted by Crippen LogP contribution is 2.38. The van der Waals surface area contributed by atoms with Crippen LogP contribution in [0.3, 0.4) is 0 Å². The summed E-state index contributed by atoms with van der Waals surface area (Å²) < 4.78 is 12.7. The van der Waals surface area contributed by atoms with E-state index in [4.69, 9.17) is 9.15 Å². The van der Waals surface area contributed by atoms with Gasteiger partial charge in [-0.3, -0.25) is 9.59 Å². The Hall–Kier alpha value is -3.02. The number of phenolic OH excluding ortho intramolecular Hbond substituents is 1. The Kier molecular flexibility index (Phi) is 4.26. The number of benzene rings is 1. The van der Waals surface area contributed by atoms with Gasteiger partial charge in [0.2, 0.25) is 5.78 Å². The molecule has 1 aliphatic carbocycles. The first-order valence-corrected chi connectivity index (χ1v) is 9.00. The number of nitrogens with zero attached hydrogens (tertiary/aromatic N) is 1. The average Bonchev–Trinajstić information content (AvgIpc) is 3.32. The quantitative estimate of drug-likeness (QED) is 0.528. The second-order valence-electron chi connectivity index (χ2n) is 7.09. The van der Waals surface area contributed by atoms with Crippen LogP contribution in [-0.4, -0.2) is 28.0 Å². The molecule has 1 saturated carbocycles. The van der Waals surface area contributed by atoms with E-state index in [2.05, 4.69) is 4.57 Å². The van der Waals surface area contributed by atoms with Crippen LogP contribution in [0.1, 0.15) is 46.2 Å². The van der Waals surface area contributed by atoms with Gasteiger partial charge in [0, 0.05) is 40.0 Å². The molecule has 27 heavy (non-hydrogen) atoms. The number of hydrogen-bond donors (Lipinski definition) is 1. The number of ether oxygens (including phenoxy) is 1. The summed E-state index contributed by atoms with van der Waals surface area (Å²) in [5.41, 5.74) is 3.79. The van der Waals surface area contributed by atoms with Crippen LogP contribution in [-0.2, 0) is 16.0 Å². The first-order valence-electron chi connectivity index (χ1n) is 9.00. The van der Waals surface area contributed by atoms with Gasteiger partial charge < -0.3 is 18.8 Å². The number of aromatic hydroxyl groups is 1. The molecular weight excluding hydrogens is 346 g/mol. The van der Waals surface area contributed by atoms with E-state index in [1.54, 1.807) is 6.07 Å². The van der Waals surface area contributed by atoms with Gasteiger partial charge in [-0.2, -0.15) is 0 Å². The van der Waals surface area contributed by atoms with E-state index in [1.807, 2.05) is 19.9 Å². The van der Waals surface area contributed by atoms with Crippen molar-refractivity contribution < 1.29 is 23.8 Å². The third-order valence-electron chi connectivity index (χ3n) is 5.04. The Balaban J connectivity index is 1.40. The Morgan fingerprint density at radius 3 is 2.78 bits per heavy atom. The lowest BCUT2D eigenvalue weighted by Gasteiger charge is -2.08. The molecule has 0 aliphatic heterocycles. The van der Waals surface area contributed by atoms with Crippen molar-refractivity contribution in [3.8, 4) is 5.75 Å². The minimum atomic E-state index is -0.491.